The summed E-state index contributed by atoms with van der Waals surface area (Å²) in [6.45, 7) is 0. The maximum absolute atomic E-state index is 13.2. The minimum Gasteiger partial charge on any atom is -0.308 e. The number of rotatable bonds is 4. The Morgan fingerprint density at radius 3 is 2.31 bits per heavy atom. The molecule has 0 atom stereocenters. The molecule has 0 bridgehead atoms. The fourth-order valence-electron chi connectivity index (χ4n) is 3.11. The van der Waals surface area contributed by atoms with E-state index < -0.39 is 7.60 Å². The van der Waals surface area contributed by atoms with E-state index in [0.717, 1.165) is 11.1 Å². The Morgan fingerprint density at radius 2 is 1.65 bits per heavy atom. The van der Waals surface area contributed by atoms with Gasteiger partial charge in [-0.25, -0.2) is 4.39 Å². The van der Waals surface area contributed by atoms with Crippen molar-refractivity contribution in [2.24, 2.45) is 0 Å². The van der Waals surface area contributed by atoms with Crippen molar-refractivity contribution in [2.45, 2.75) is 0 Å². The predicted molar refractivity (Wildman–Crippen MR) is 94.1 cm³/mol. The Morgan fingerprint density at radius 1 is 1.00 bits per heavy atom. The highest BCUT2D eigenvalue weighted by Crippen LogP contribution is 2.50. The lowest BCUT2D eigenvalue weighted by atomic mass is 9.99. The monoisotopic (exact) mass is 372 g/mol. The lowest BCUT2D eigenvalue weighted by Crippen LogP contribution is -2.11. The zero-order chi connectivity index (χ0) is 18.5. The van der Waals surface area contributed by atoms with Crippen LogP contribution in [0.25, 0.3) is 22.3 Å². The molecule has 0 saturated carbocycles. The van der Waals surface area contributed by atoms with Crippen LogP contribution in [0.15, 0.2) is 42.5 Å². The van der Waals surface area contributed by atoms with Gasteiger partial charge in [-0.1, -0.05) is 18.2 Å². The summed E-state index contributed by atoms with van der Waals surface area (Å²) in [5.74, 6) is -0.590. The maximum Gasteiger partial charge on any atom is 0.379 e. The second kappa shape index (κ2) is 5.99. The van der Waals surface area contributed by atoms with Crippen LogP contribution in [0.3, 0.4) is 0 Å². The van der Waals surface area contributed by atoms with Gasteiger partial charge in [-0.2, -0.15) is 5.10 Å². The van der Waals surface area contributed by atoms with Gasteiger partial charge >= 0.3 is 7.60 Å². The molecule has 1 aliphatic carbocycles. The zero-order valence-electron chi connectivity index (χ0n) is 13.9. The summed E-state index contributed by atoms with van der Waals surface area (Å²) >= 11 is 0. The van der Waals surface area contributed by atoms with Gasteiger partial charge in [-0.3, -0.25) is 14.5 Å². The summed E-state index contributed by atoms with van der Waals surface area (Å²) in [7, 11) is -1.09. The quantitative estimate of drug-likeness (QED) is 0.554. The first-order valence-electron chi connectivity index (χ1n) is 7.74. The van der Waals surface area contributed by atoms with Crippen LogP contribution >= 0.6 is 7.60 Å². The minimum atomic E-state index is -3.62. The van der Waals surface area contributed by atoms with Crippen molar-refractivity contribution in [3.63, 3.8) is 0 Å². The highest BCUT2D eigenvalue weighted by Gasteiger charge is 2.39. The smallest absolute Gasteiger partial charge is 0.308 e. The molecule has 0 amide bonds. The van der Waals surface area contributed by atoms with Crippen LogP contribution in [0, 0.1) is 5.82 Å². The number of benzene rings is 2. The third-order valence-corrected chi connectivity index (χ3v) is 6.26. The molecule has 0 fully saturated rings. The molecule has 0 radical (unpaired) electrons. The number of fused-ring (bicyclic) bond motifs is 3. The van der Waals surface area contributed by atoms with Crippen LogP contribution in [0.4, 0.5) is 4.39 Å². The number of aromatic amines is 1. The standard InChI is InChI=1S/C18H14FN2O4P/c1-24-26(23,25-2)18-15-14-9-11(10-3-6-12(19)7-4-10)5-8-13(14)17(22)16(15)20-21-18/h3-9H,1-2H3,(H,20,21). The number of aromatic nitrogens is 2. The van der Waals surface area contributed by atoms with E-state index in [-0.39, 0.29) is 22.7 Å². The molecule has 1 aromatic heterocycles. The first kappa shape index (κ1) is 16.8. The van der Waals surface area contributed by atoms with E-state index in [4.69, 9.17) is 9.05 Å². The van der Waals surface area contributed by atoms with Crippen molar-refractivity contribution in [1.82, 2.24) is 10.2 Å². The van der Waals surface area contributed by atoms with Gasteiger partial charge in [0, 0.05) is 25.3 Å². The van der Waals surface area contributed by atoms with Crippen LogP contribution in [0.2, 0.25) is 0 Å². The van der Waals surface area contributed by atoms with E-state index in [1.165, 1.54) is 26.4 Å². The summed E-state index contributed by atoms with van der Waals surface area (Å²) in [5, 5.41) is 6.64. The lowest BCUT2D eigenvalue weighted by molar-refractivity contribution is 0.103. The molecule has 0 saturated heterocycles. The van der Waals surface area contributed by atoms with Gasteiger partial charge in [0.2, 0.25) is 5.78 Å². The third-order valence-electron chi connectivity index (χ3n) is 4.43. The topological polar surface area (TPSA) is 81.3 Å². The van der Waals surface area contributed by atoms with E-state index in [9.17, 15) is 13.8 Å². The minimum absolute atomic E-state index is 0.140. The average molecular weight is 372 g/mol. The van der Waals surface area contributed by atoms with E-state index in [1.807, 2.05) is 0 Å². The van der Waals surface area contributed by atoms with Gasteiger partial charge in [0.15, 0.2) is 5.44 Å². The summed E-state index contributed by atoms with van der Waals surface area (Å²) in [4.78, 5) is 12.6. The molecule has 4 rings (SSSR count). The molecule has 1 aliphatic rings. The van der Waals surface area contributed by atoms with Gasteiger partial charge in [0.1, 0.15) is 11.5 Å². The number of carbonyl (C=O) groups is 1. The van der Waals surface area contributed by atoms with Gasteiger partial charge in [-0.15, -0.1) is 0 Å². The van der Waals surface area contributed by atoms with E-state index in [1.54, 1.807) is 30.3 Å². The number of carbonyl (C=O) groups excluding carboxylic acids is 1. The van der Waals surface area contributed by atoms with Crippen molar-refractivity contribution in [3.8, 4) is 22.3 Å². The molecule has 132 valence electrons. The molecule has 8 heteroatoms. The Bertz CT molecular complexity index is 1070. The maximum atomic E-state index is 13.2. The fourth-order valence-corrected chi connectivity index (χ4v) is 4.29. The summed E-state index contributed by atoms with van der Waals surface area (Å²) in [5.41, 5.74) is 3.37. The fraction of sp³-hybridized carbons (Fsp3) is 0.111. The SMILES string of the molecule is COP(=O)(OC)c1[nH]nc2c1-c1cc(-c3ccc(F)cc3)ccc1C2=O. The molecule has 1 N–H and O–H groups in total. The van der Waals surface area contributed by atoms with Crippen molar-refractivity contribution < 1.29 is 22.8 Å². The molecule has 26 heavy (non-hydrogen) atoms. The van der Waals surface area contributed by atoms with E-state index in [0.29, 0.717) is 16.7 Å². The Hall–Kier alpha value is -2.60. The van der Waals surface area contributed by atoms with Gasteiger partial charge in [0.05, 0.1) is 0 Å². The van der Waals surface area contributed by atoms with E-state index >= 15 is 0 Å². The van der Waals surface area contributed by atoms with Crippen molar-refractivity contribution in [1.29, 1.82) is 0 Å². The molecule has 2 aromatic carbocycles. The Kier molecular flexibility index (Phi) is 3.88. The summed E-state index contributed by atoms with van der Waals surface area (Å²) < 4.78 is 36.1. The van der Waals surface area contributed by atoms with Gasteiger partial charge in [-0.05, 0) is 41.0 Å². The second-order valence-electron chi connectivity index (χ2n) is 5.75. The van der Waals surface area contributed by atoms with Crippen molar-refractivity contribution >= 4 is 18.8 Å². The van der Waals surface area contributed by atoms with E-state index in [2.05, 4.69) is 10.2 Å². The second-order valence-corrected chi connectivity index (χ2v) is 7.93. The van der Waals surface area contributed by atoms with Crippen LogP contribution < -0.4 is 5.44 Å². The van der Waals surface area contributed by atoms with Crippen molar-refractivity contribution in [2.75, 3.05) is 14.2 Å². The highest BCUT2D eigenvalue weighted by atomic mass is 31.2. The predicted octanol–water partition coefficient (Wildman–Crippen LogP) is 3.54. The number of nitrogens with one attached hydrogen (secondary N) is 1. The zero-order valence-corrected chi connectivity index (χ0v) is 14.8. The van der Waals surface area contributed by atoms with Gasteiger partial charge in [0.25, 0.3) is 0 Å². The average Bonchev–Trinajstić information content (AvgIpc) is 3.22. The van der Waals surface area contributed by atoms with Crippen molar-refractivity contribution in [3.05, 3.63) is 59.5 Å². The molecule has 0 aliphatic heterocycles. The number of H-pyrrole nitrogens is 1. The summed E-state index contributed by atoms with van der Waals surface area (Å²) in [6.07, 6.45) is 0. The highest BCUT2D eigenvalue weighted by molar-refractivity contribution is 7.62. The lowest BCUT2D eigenvalue weighted by Gasteiger charge is -2.13. The number of ketones is 1. The summed E-state index contributed by atoms with van der Waals surface area (Å²) in [6, 6.07) is 11.3. The number of hydrogen-bond acceptors (Lipinski definition) is 5. The van der Waals surface area contributed by atoms with Crippen LogP contribution in [0.1, 0.15) is 16.1 Å². The number of halogens is 1. The Labute approximate surface area is 148 Å². The van der Waals surface area contributed by atoms with Crippen LogP contribution in [-0.4, -0.2) is 30.2 Å². The third kappa shape index (κ3) is 2.36. The first-order chi connectivity index (χ1) is 12.5. The number of hydrogen-bond donors (Lipinski definition) is 1. The van der Waals surface area contributed by atoms with Crippen LogP contribution in [-0.2, 0) is 13.6 Å². The molecule has 3 aromatic rings. The molecule has 0 spiro atoms. The molecule has 1 heterocycles. The number of nitrogens with zero attached hydrogens (tertiary/aromatic N) is 1. The Balaban J connectivity index is 1.92. The van der Waals surface area contributed by atoms with Crippen LogP contribution in [0.5, 0.6) is 0 Å². The molecular weight excluding hydrogens is 358 g/mol. The molecular formula is C18H14FN2O4P. The molecule has 0 unspecified atom stereocenters. The first-order valence-corrected chi connectivity index (χ1v) is 9.28. The molecule has 6 nitrogen and oxygen atoms in total. The van der Waals surface area contributed by atoms with Gasteiger partial charge < -0.3 is 9.05 Å². The normalized spacial score (nSPS) is 13.0. The largest absolute Gasteiger partial charge is 0.379 e.